The summed E-state index contributed by atoms with van der Waals surface area (Å²) in [4.78, 5) is 0. The highest BCUT2D eigenvalue weighted by Crippen LogP contribution is 2.47. The van der Waals surface area contributed by atoms with Gasteiger partial charge in [-0.05, 0) is 30.2 Å². The SMILES string of the molecule is CCNC(c1cc(Cl)sc1Cl)C1Cc2ccccc21. The monoisotopic (exact) mass is 311 g/mol. The summed E-state index contributed by atoms with van der Waals surface area (Å²) in [6.07, 6.45) is 1.11. The molecule has 0 spiro atoms. The van der Waals surface area contributed by atoms with Crippen molar-refractivity contribution >= 4 is 34.5 Å². The maximum atomic E-state index is 6.32. The van der Waals surface area contributed by atoms with E-state index in [1.54, 1.807) is 0 Å². The van der Waals surface area contributed by atoms with Crippen LogP contribution in [0.25, 0.3) is 0 Å². The zero-order valence-electron chi connectivity index (χ0n) is 10.6. The van der Waals surface area contributed by atoms with Crippen LogP contribution < -0.4 is 5.32 Å². The Balaban J connectivity index is 1.93. The molecule has 1 aliphatic rings. The summed E-state index contributed by atoms with van der Waals surface area (Å²) in [6.45, 7) is 3.05. The molecular formula is C15H15Cl2NS. The lowest BCUT2D eigenvalue weighted by atomic mass is 9.72. The molecular weight excluding hydrogens is 297 g/mol. The van der Waals surface area contributed by atoms with Crippen molar-refractivity contribution < 1.29 is 0 Å². The highest BCUT2D eigenvalue weighted by Gasteiger charge is 2.34. The Hall–Kier alpha value is -0.540. The lowest BCUT2D eigenvalue weighted by molar-refractivity contribution is 0.421. The first kappa shape index (κ1) is 13.4. The van der Waals surface area contributed by atoms with E-state index in [1.807, 2.05) is 6.07 Å². The van der Waals surface area contributed by atoms with Gasteiger partial charge in [-0.15, -0.1) is 11.3 Å². The minimum atomic E-state index is 0.260. The average molecular weight is 312 g/mol. The van der Waals surface area contributed by atoms with E-state index in [0.29, 0.717) is 5.92 Å². The molecule has 3 rings (SSSR count). The lowest BCUT2D eigenvalue weighted by Gasteiger charge is -2.37. The van der Waals surface area contributed by atoms with Gasteiger partial charge in [0.2, 0.25) is 0 Å². The summed E-state index contributed by atoms with van der Waals surface area (Å²) >= 11 is 13.9. The number of hydrogen-bond acceptors (Lipinski definition) is 2. The van der Waals surface area contributed by atoms with Gasteiger partial charge in [-0.3, -0.25) is 0 Å². The molecule has 0 saturated heterocycles. The van der Waals surface area contributed by atoms with Crippen molar-refractivity contribution in [1.29, 1.82) is 0 Å². The van der Waals surface area contributed by atoms with Gasteiger partial charge in [-0.1, -0.05) is 54.4 Å². The molecule has 0 saturated carbocycles. The zero-order chi connectivity index (χ0) is 13.4. The fraction of sp³-hybridized carbons (Fsp3) is 0.333. The molecule has 2 unspecified atom stereocenters. The van der Waals surface area contributed by atoms with E-state index in [1.165, 1.54) is 22.5 Å². The van der Waals surface area contributed by atoms with E-state index >= 15 is 0 Å². The molecule has 0 bridgehead atoms. The largest absolute Gasteiger partial charge is 0.310 e. The molecule has 1 aliphatic carbocycles. The third kappa shape index (κ3) is 2.43. The fourth-order valence-corrected chi connectivity index (χ4v) is 4.40. The first-order valence-corrected chi connectivity index (χ1v) is 8.04. The number of benzene rings is 1. The molecule has 1 aromatic heterocycles. The van der Waals surface area contributed by atoms with Gasteiger partial charge in [0.05, 0.1) is 8.67 Å². The van der Waals surface area contributed by atoms with E-state index in [4.69, 9.17) is 23.2 Å². The van der Waals surface area contributed by atoms with Gasteiger partial charge in [0, 0.05) is 17.5 Å². The summed E-state index contributed by atoms with van der Waals surface area (Å²) in [7, 11) is 0. The first-order valence-electron chi connectivity index (χ1n) is 6.46. The van der Waals surface area contributed by atoms with Crippen molar-refractivity contribution in [2.45, 2.75) is 25.3 Å². The molecule has 2 atom stereocenters. The Bertz CT molecular complexity index is 594. The van der Waals surface area contributed by atoms with Crippen molar-refractivity contribution in [2.24, 2.45) is 0 Å². The number of nitrogens with one attached hydrogen (secondary N) is 1. The summed E-state index contributed by atoms with van der Waals surface area (Å²) < 4.78 is 1.57. The van der Waals surface area contributed by atoms with Crippen LogP contribution in [-0.4, -0.2) is 6.54 Å². The van der Waals surface area contributed by atoms with E-state index in [-0.39, 0.29) is 6.04 Å². The maximum absolute atomic E-state index is 6.32. The van der Waals surface area contributed by atoms with Gasteiger partial charge in [-0.25, -0.2) is 0 Å². The minimum Gasteiger partial charge on any atom is -0.310 e. The van der Waals surface area contributed by atoms with Crippen molar-refractivity contribution in [3.05, 3.63) is 55.7 Å². The Morgan fingerprint density at radius 3 is 2.79 bits per heavy atom. The molecule has 0 radical (unpaired) electrons. The maximum Gasteiger partial charge on any atom is 0.0992 e. The van der Waals surface area contributed by atoms with Gasteiger partial charge in [0.15, 0.2) is 0 Å². The molecule has 19 heavy (non-hydrogen) atoms. The van der Waals surface area contributed by atoms with Crippen LogP contribution in [0.2, 0.25) is 8.67 Å². The average Bonchev–Trinajstić information content (AvgIpc) is 2.69. The molecule has 0 amide bonds. The highest BCUT2D eigenvalue weighted by atomic mass is 35.5. The standard InChI is InChI=1S/C15H15Cl2NS/c1-2-18-14(12-8-13(16)19-15(12)17)11-7-9-5-3-4-6-10(9)11/h3-6,8,11,14,18H,2,7H2,1H3. The van der Waals surface area contributed by atoms with Crippen LogP contribution in [0.4, 0.5) is 0 Å². The number of rotatable bonds is 4. The van der Waals surface area contributed by atoms with Crippen LogP contribution in [-0.2, 0) is 6.42 Å². The van der Waals surface area contributed by atoms with Gasteiger partial charge in [-0.2, -0.15) is 0 Å². The van der Waals surface area contributed by atoms with Gasteiger partial charge < -0.3 is 5.32 Å². The molecule has 2 aromatic rings. The van der Waals surface area contributed by atoms with Crippen molar-refractivity contribution in [3.8, 4) is 0 Å². The number of fused-ring (bicyclic) bond motifs is 1. The molecule has 0 fully saturated rings. The summed E-state index contributed by atoms with van der Waals surface area (Å²) in [5, 5.41) is 3.56. The molecule has 0 aliphatic heterocycles. The summed E-state index contributed by atoms with van der Waals surface area (Å²) in [6, 6.07) is 10.9. The molecule has 1 heterocycles. The number of hydrogen-bond donors (Lipinski definition) is 1. The number of halogens is 2. The Labute approximate surface area is 127 Å². The van der Waals surface area contributed by atoms with E-state index < -0.39 is 0 Å². The zero-order valence-corrected chi connectivity index (χ0v) is 12.9. The topological polar surface area (TPSA) is 12.0 Å². The van der Waals surface area contributed by atoms with E-state index in [9.17, 15) is 0 Å². The van der Waals surface area contributed by atoms with Crippen LogP contribution in [0.1, 0.15) is 35.6 Å². The second-order valence-electron chi connectivity index (χ2n) is 4.82. The van der Waals surface area contributed by atoms with Crippen LogP contribution in [0.5, 0.6) is 0 Å². The first-order chi connectivity index (χ1) is 9.20. The Kier molecular flexibility index (Phi) is 3.86. The van der Waals surface area contributed by atoms with Crippen molar-refractivity contribution in [1.82, 2.24) is 5.32 Å². The van der Waals surface area contributed by atoms with Crippen molar-refractivity contribution in [2.75, 3.05) is 6.54 Å². The normalized spacial score (nSPS) is 18.8. The van der Waals surface area contributed by atoms with Crippen LogP contribution in [0.15, 0.2) is 30.3 Å². The quantitative estimate of drug-likeness (QED) is 0.833. The van der Waals surface area contributed by atoms with Crippen LogP contribution in [0, 0.1) is 0 Å². The van der Waals surface area contributed by atoms with Gasteiger partial charge >= 0.3 is 0 Å². The second-order valence-corrected chi connectivity index (χ2v) is 7.11. The number of likely N-dealkylation sites (N-methyl/N-ethyl adjacent to an activating group) is 1. The van der Waals surface area contributed by atoms with Crippen molar-refractivity contribution in [3.63, 3.8) is 0 Å². The van der Waals surface area contributed by atoms with Crippen LogP contribution >= 0.6 is 34.5 Å². The van der Waals surface area contributed by atoms with Crippen LogP contribution in [0.3, 0.4) is 0 Å². The minimum absolute atomic E-state index is 0.260. The second kappa shape index (κ2) is 5.45. The molecule has 4 heteroatoms. The predicted molar refractivity (Wildman–Crippen MR) is 83.6 cm³/mol. The Morgan fingerprint density at radius 1 is 1.37 bits per heavy atom. The van der Waals surface area contributed by atoms with E-state index in [2.05, 4.69) is 36.5 Å². The highest BCUT2D eigenvalue weighted by molar-refractivity contribution is 7.20. The molecule has 1 aromatic carbocycles. The van der Waals surface area contributed by atoms with Gasteiger partial charge in [0.1, 0.15) is 0 Å². The third-order valence-corrected chi connectivity index (χ3v) is 5.26. The predicted octanol–water partition coefficient (Wildman–Crippen LogP) is 5.05. The Morgan fingerprint density at radius 2 is 2.16 bits per heavy atom. The third-order valence-electron chi connectivity index (χ3n) is 3.74. The fourth-order valence-electron chi connectivity index (χ4n) is 2.85. The molecule has 1 nitrogen and oxygen atoms in total. The summed E-state index contributed by atoms with van der Waals surface area (Å²) in [5.41, 5.74) is 4.03. The molecule has 100 valence electrons. The smallest absolute Gasteiger partial charge is 0.0992 e. The lowest BCUT2D eigenvalue weighted by Crippen LogP contribution is -2.33. The van der Waals surface area contributed by atoms with E-state index in [0.717, 1.165) is 27.2 Å². The molecule has 1 N–H and O–H groups in total. The number of thiophene rings is 1. The summed E-state index contributed by atoms with van der Waals surface area (Å²) in [5.74, 6) is 0.499. The van der Waals surface area contributed by atoms with Gasteiger partial charge in [0.25, 0.3) is 0 Å².